The fraction of sp³-hybridized carbons (Fsp3) is 0.478. The number of furan rings is 1. The third-order valence-electron chi connectivity index (χ3n) is 6.00. The summed E-state index contributed by atoms with van der Waals surface area (Å²) in [4.78, 5) is 27.0. The number of hydrogen-bond acceptors (Lipinski definition) is 6. The average Bonchev–Trinajstić information content (AvgIpc) is 3.50. The molecule has 1 aromatic heterocycles. The Morgan fingerprint density at radius 2 is 1.91 bits per heavy atom. The van der Waals surface area contributed by atoms with E-state index >= 15 is 0 Å². The lowest BCUT2D eigenvalue weighted by Gasteiger charge is -2.32. The van der Waals surface area contributed by atoms with Crippen molar-refractivity contribution in [3.8, 4) is 0 Å². The van der Waals surface area contributed by atoms with Gasteiger partial charge in [0.05, 0.1) is 11.0 Å². The molecule has 1 unspecified atom stereocenters. The summed E-state index contributed by atoms with van der Waals surface area (Å²) in [6.07, 6.45) is 2.87. The van der Waals surface area contributed by atoms with E-state index in [1.165, 1.54) is 12.1 Å². The van der Waals surface area contributed by atoms with Crippen LogP contribution in [0.5, 0.6) is 0 Å². The molecule has 0 radical (unpaired) electrons. The number of piperidine rings is 1. The maximum absolute atomic E-state index is 13.0. The van der Waals surface area contributed by atoms with E-state index in [0.717, 1.165) is 12.8 Å². The molecule has 0 bridgehead atoms. The average molecular weight is 476 g/mol. The second kappa shape index (κ2) is 10.1. The highest BCUT2D eigenvalue weighted by atomic mass is 32.2. The molecular formula is C23H29N3O6S. The number of carbonyl (C=O) groups is 2. The number of rotatable bonds is 7. The van der Waals surface area contributed by atoms with Gasteiger partial charge >= 0.3 is 0 Å². The number of ether oxygens (including phenoxy) is 1. The molecule has 33 heavy (non-hydrogen) atoms. The predicted octanol–water partition coefficient (Wildman–Crippen LogP) is 2.08. The summed E-state index contributed by atoms with van der Waals surface area (Å²) >= 11 is 0. The Morgan fingerprint density at radius 3 is 2.58 bits per heavy atom. The van der Waals surface area contributed by atoms with Crippen molar-refractivity contribution in [2.75, 3.05) is 26.2 Å². The maximum Gasteiger partial charge on any atom is 0.287 e. The van der Waals surface area contributed by atoms with Gasteiger partial charge in [-0.2, -0.15) is 0 Å². The molecule has 0 spiro atoms. The highest BCUT2D eigenvalue weighted by Gasteiger charge is 2.27. The van der Waals surface area contributed by atoms with Crippen molar-refractivity contribution >= 4 is 21.8 Å². The summed E-state index contributed by atoms with van der Waals surface area (Å²) in [6, 6.07) is 9.41. The zero-order valence-electron chi connectivity index (χ0n) is 18.6. The fourth-order valence-corrected chi connectivity index (χ4v) is 5.22. The van der Waals surface area contributed by atoms with Crippen molar-refractivity contribution in [3.05, 3.63) is 53.5 Å². The lowest BCUT2D eigenvalue weighted by molar-refractivity contribution is 0.0695. The number of likely N-dealkylation sites (tertiary alicyclic amines) is 1. The van der Waals surface area contributed by atoms with E-state index in [-0.39, 0.29) is 41.2 Å². The van der Waals surface area contributed by atoms with Crippen molar-refractivity contribution in [3.63, 3.8) is 0 Å². The molecule has 1 aromatic carbocycles. The van der Waals surface area contributed by atoms with Crippen LogP contribution in [0.3, 0.4) is 0 Å². The molecule has 0 aliphatic carbocycles. The van der Waals surface area contributed by atoms with Gasteiger partial charge in [0.25, 0.3) is 11.8 Å². The minimum atomic E-state index is -3.74. The first kappa shape index (κ1) is 23.5. The Hall–Kier alpha value is -2.69. The second-order valence-electron chi connectivity index (χ2n) is 8.46. The van der Waals surface area contributed by atoms with Crippen molar-refractivity contribution in [1.82, 2.24) is 14.9 Å². The van der Waals surface area contributed by atoms with Gasteiger partial charge in [-0.1, -0.05) is 6.07 Å². The third kappa shape index (κ3) is 5.82. The highest BCUT2D eigenvalue weighted by molar-refractivity contribution is 7.89. The smallest absolute Gasteiger partial charge is 0.287 e. The molecule has 2 fully saturated rings. The molecular weight excluding hydrogens is 446 g/mol. The van der Waals surface area contributed by atoms with Gasteiger partial charge in [0.15, 0.2) is 5.76 Å². The Kier molecular flexibility index (Phi) is 7.16. The van der Waals surface area contributed by atoms with Gasteiger partial charge in [0.2, 0.25) is 10.0 Å². The van der Waals surface area contributed by atoms with Gasteiger partial charge in [-0.05, 0) is 62.9 Å². The Morgan fingerprint density at radius 1 is 1.12 bits per heavy atom. The van der Waals surface area contributed by atoms with Gasteiger partial charge in [0, 0.05) is 37.8 Å². The van der Waals surface area contributed by atoms with Gasteiger partial charge in [-0.3, -0.25) is 9.59 Å². The van der Waals surface area contributed by atoms with E-state index in [4.69, 9.17) is 9.15 Å². The molecule has 2 aliphatic rings. The van der Waals surface area contributed by atoms with Crippen LogP contribution in [0.25, 0.3) is 0 Å². The van der Waals surface area contributed by atoms with Crippen LogP contribution in [-0.4, -0.2) is 63.5 Å². The summed E-state index contributed by atoms with van der Waals surface area (Å²) in [7, 11) is -3.74. The summed E-state index contributed by atoms with van der Waals surface area (Å²) in [5, 5.41) is 2.95. The zero-order valence-corrected chi connectivity index (χ0v) is 19.4. The number of nitrogens with one attached hydrogen (secondary N) is 2. The number of benzene rings is 1. The predicted molar refractivity (Wildman–Crippen MR) is 120 cm³/mol. The van der Waals surface area contributed by atoms with Gasteiger partial charge < -0.3 is 19.4 Å². The van der Waals surface area contributed by atoms with Crippen LogP contribution >= 0.6 is 0 Å². The van der Waals surface area contributed by atoms with Crippen molar-refractivity contribution in [2.24, 2.45) is 0 Å². The maximum atomic E-state index is 13.0. The Balaban J connectivity index is 1.32. The first-order chi connectivity index (χ1) is 15.8. The lowest BCUT2D eigenvalue weighted by Crippen LogP contribution is -2.46. The standard InChI is InChI=1S/C23H29N3O6S/c1-16-7-8-21(32-16)22(27)25-18-9-11-26(12-10-18)23(28)17-4-2-6-20(14-17)33(29,30)24-15-19-5-3-13-31-19/h2,4,6-8,14,18-19,24H,3,5,9-13,15H2,1H3,(H,25,27). The summed E-state index contributed by atoms with van der Waals surface area (Å²) in [5.41, 5.74) is 0.323. The quantitative estimate of drug-likeness (QED) is 0.633. The molecule has 2 aromatic rings. The number of hydrogen-bond donors (Lipinski definition) is 2. The summed E-state index contributed by atoms with van der Waals surface area (Å²) in [6.45, 7) is 3.59. The monoisotopic (exact) mass is 475 g/mol. The second-order valence-corrected chi connectivity index (χ2v) is 10.2. The van der Waals surface area contributed by atoms with Crippen LogP contribution in [-0.2, 0) is 14.8 Å². The minimum Gasteiger partial charge on any atom is -0.456 e. The number of nitrogens with zero attached hydrogens (tertiary/aromatic N) is 1. The molecule has 10 heteroatoms. The highest BCUT2D eigenvalue weighted by Crippen LogP contribution is 2.18. The molecule has 2 aliphatic heterocycles. The van der Waals surface area contributed by atoms with E-state index < -0.39 is 10.0 Å². The largest absolute Gasteiger partial charge is 0.456 e. The molecule has 4 rings (SSSR count). The molecule has 2 amide bonds. The molecule has 1 atom stereocenters. The number of sulfonamides is 1. The first-order valence-electron chi connectivity index (χ1n) is 11.2. The van der Waals surface area contributed by atoms with Crippen LogP contribution in [0, 0.1) is 6.92 Å². The first-order valence-corrected chi connectivity index (χ1v) is 12.7. The van der Waals surface area contributed by atoms with Crippen LogP contribution in [0.4, 0.5) is 0 Å². The molecule has 0 saturated carbocycles. The number of aryl methyl sites for hydroxylation is 1. The number of carbonyl (C=O) groups excluding carboxylic acids is 2. The van der Waals surface area contributed by atoms with Crippen LogP contribution in [0.2, 0.25) is 0 Å². The van der Waals surface area contributed by atoms with Gasteiger partial charge in [-0.25, -0.2) is 13.1 Å². The van der Waals surface area contributed by atoms with E-state index in [9.17, 15) is 18.0 Å². The van der Waals surface area contributed by atoms with E-state index in [1.54, 1.807) is 36.1 Å². The molecule has 3 heterocycles. The van der Waals surface area contributed by atoms with E-state index in [2.05, 4.69) is 10.0 Å². The minimum absolute atomic E-state index is 0.0549. The molecule has 9 nitrogen and oxygen atoms in total. The van der Waals surface area contributed by atoms with Crippen molar-refractivity contribution in [2.45, 2.75) is 49.6 Å². The number of amides is 2. The summed E-state index contributed by atoms with van der Waals surface area (Å²) < 4.78 is 38.7. The zero-order chi connectivity index (χ0) is 23.4. The van der Waals surface area contributed by atoms with Gasteiger partial charge in [-0.15, -0.1) is 0 Å². The van der Waals surface area contributed by atoms with Crippen LogP contribution in [0.15, 0.2) is 45.7 Å². The topological polar surface area (TPSA) is 118 Å². The normalized spacial score (nSPS) is 19.5. The molecule has 178 valence electrons. The van der Waals surface area contributed by atoms with Crippen molar-refractivity contribution in [1.29, 1.82) is 0 Å². The third-order valence-corrected chi connectivity index (χ3v) is 7.42. The van der Waals surface area contributed by atoms with Crippen LogP contribution in [0.1, 0.15) is 52.4 Å². The van der Waals surface area contributed by atoms with Crippen molar-refractivity contribution < 1.29 is 27.2 Å². The van der Waals surface area contributed by atoms with Gasteiger partial charge in [0.1, 0.15) is 5.76 Å². The SMILES string of the molecule is Cc1ccc(C(=O)NC2CCN(C(=O)c3cccc(S(=O)(=O)NCC4CCCO4)c3)CC2)o1. The molecule has 2 N–H and O–H groups in total. The Labute approximate surface area is 193 Å². The Bertz CT molecular complexity index is 1100. The molecule has 2 saturated heterocycles. The van der Waals surface area contributed by atoms with E-state index in [1.807, 2.05) is 0 Å². The fourth-order valence-electron chi connectivity index (χ4n) is 4.11. The lowest BCUT2D eigenvalue weighted by atomic mass is 10.0. The summed E-state index contributed by atoms with van der Waals surface area (Å²) in [5.74, 6) is 0.461. The van der Waals surface area contributed by atoms with E-state index in [0.29, 0.717) is 43.9 Å². The van der Waals surface area contributed by atoms with Crippen LogP contribution < -0.4 is 10.0 Å².